The summed E-state index contributed by atoms with van der Waals surface area (Å²) >= 11 is 3.41. The third-order valence-corrected chi connectivity index (χ3v) is 6.27. The summed E-state index contributed by atoms with van der Waals surface area (Å²) in [6, 6.07) is 12.9. The molecule has 2 amide bonds. The zero-order valence-corrected chi connectivity index (χ0v) is 20.2. The minimum atomic E-state index is -1.29. The molecular weight excluding hydrogens is 492 g/mol. The van der Waals surface area contributed by atoms with Crippen LogP contribution in [0.4, 0.5) is 0 Å². The van der Waals surface area contributed by atoms with E-state index in [1.165, 1.54) is 4.90 Å². The van der Waals surface area contributed by atoms with Crippen LogP contribution in [0.2, 0.25) is 0 Å². The smallest absolute Gasteiger partial charge is 0.294 e. The lowest BCUT2D eigenvalue weighted by Crippen LogP contribution is -2.61. The van der Waals surface area contributed by atoms with Gasteiger partial charge in [-0.2, -0.15) is 0 Å². The zero-order chi connectivity index (χ0) is 23.6. The number of methoxy groups -OCH3 is 2. The van der Waals surface area contributed by atoms with E-state index in [1.54, 1.807) is 27.2 Å². The lowest BCUT2D eigenvalue weighted by molar-refractivity contribution is -0.133. The fourth-order valence-electron chi connectivity index (χ4n) is 3.90. The topological polar surface area (TPSA) is 90.2 Å². The Morgan fingerprint density at radius 1 is 1.24 bits per heavy atom. The molecule has 33 heavy (non-hydrogen) atoms. The number of carbonyl (C=O) groups is 2. The fourth-order valence-corrected chi connectivity index (χ4v) is 4.24. The predicted octanol–water partition coefficient (Wildman–Crippen LogP) is 3.76. The van der Waals surface area contributed by atoms with Crippen LogP contribution in [-0.2, 0) is 16.1 Å². The van der Waals surface area contributed by atoms with Crippen LogP contribution in [0.25, 0.3) is 11.0 Å². The van der Waals surface area contributed by atoms with Crippen LogP contribution < -0.4 is 14.8 Å². The summed E-state index contributed by atoms with van der Waals surface area (Å²) in [7, 11) is 3.12. The molecule has 2 aromatic carbocycles. The number of furan rings is 1. The molecule has 1 aromatic heterocycles. The first kappa shape index (κ1) is 23.1. The van der Waals surface area contributed by atoms with E-state index in [0.717, 1.165) is 10.0 Å². The molecule has 9 heteroatoms. The molecule has 0 radical (unpaired) electrons. The van der Waals surface area contributed by atoms with Crippen molar-refractivity contribution >= 4 is 38.7 Å². The molecule has 0 fully saturated rings. The molecule has 0 spiro atoms. The number of carbonyl (C=O) groups excluding carboxylic acids is 2. The quantitative estimate of drug-likeness (QED) is 0.514. The van der Waals surface area contributed by atoms with Gasteiger partial charge in [-0.05, 0) is 31.2 Å². The van der Waals surface area contributed by atoms with Gasteiger partial charge in [-0.25, -0.2) is 0 Å². The number of nitrogens with zero attached hydrogens (tertiary/aromatic N) is 1. The van der Waals surface area contributed by atoms with Gasteiger partial charge in [-0.3, -0.25) is 9.59 Å². The maximum atomic E-state index is 13.6. The number of amides is 2. The molecule has 1 atom stereocenters. The molecule has 174 valence electrons. The monoisotopic (exact) mass is 516 g/mol. The van der Waals surface area contributed by atoms with Crippen molar-refractivity contribution in [2.24, 2.45) is 0 Å². The Balaban J connectivity index is 1.65. The molecule has 0 saturated heterocycles. The van der Waals surface area contributed by atoms with Gasteiger partial charge in [0.05, 0.1) is 19.1 Å². The number of nitrogens with one attached hydrogen (secondary N) is 1. The minimum Gasteiger partial charge on any atom is -0.496 e. The summed E-state index contributed by atoms with van der Waals surface area (Å²) in [5.74, 6) is 0.299. The number of para-hydroxylation sites is 1. The summed E-state index contributed by atoms with van der Waals surface area (Å²) in [4.78, 5) is 28.5. The number of hydrogen-bond donors (Lipinski definition) is 1. The van der Waals surface area contributed by atoms with Crippen molar-refractivity contribution in [2.45, 2.75) is 19.0 Å². The van der Waals surface area contributed by atoms with Gasteiger partial charge in [0.2, 0.25) is 11.7 Å². The zero-order valence-electron chi connectivity index (χ0n) is 18.6. The van der Waals surface area contributed by atoms with Crippen LogP contribution in [0.5, 0.6) is 11.5 Å². The van der Waals surface area contributed by atoms with Gasteiger partial charge >= 0.3 is 0 Å². The Morgan fingerprint density at radius 2 is 2.03 bits per heavy atom. The second-order valence-electron chi connectivity index (χ2n) is 7.91. The Hall–Kier alpha value is -3.04. The number of hydrogen-bond acceptors (Lipinski definition) is 6. The molecule has 0 aliphatic carbocycles. The second-order valence-corrected chi connectivity index (χ2v) is 8.82. The molecule has 1 aliphatic rings. The highest BCUT2D eigenvalue weighted by Crippen LogP contribution is 2.39. The van der Waals surface area contributed by atoms with Gasteiger partial charge in [-0.1, -0.05) is 34.1 Å². The van der Waals surface area contributed by atoms with E-state index in [0.29, 0.717) is 22.5 Å². The third-order valence-electron chi connectivity index (χ3n) is 5.78. The second kappa shape index (κ2) is 9.44. The van der Waals surface area contributed by atoms with Gasteiger partial charge in [0, 0.05) is 30.2 Å². The van der Waals surface area contributed by atoms with E-state index in [9.17, 15) is 9.59 Å². The van der Waals surface area contributed by atoms with E-state index >= 15 is 0 Å². The minimum absolute atomic E-state index is 0.0437. The van der Waals surface area contributed by atoms with Crippen LogP contribution in [-0.4, -0.2) is 56.2 Å². The van der Waals surface area contributed by atoms with Crippen LogP contribution >= 0.6 is 15.9 Å². The molecule has 2 heterocycles. The fraction of sp³-hybridized carbons (Fsp3) is 0.333. The van der Waals surface area contributed by atoms with Crippen molar-refractivity contribution in [2.75, 3.05) is 34.0 Å². The average molecular weight is 517 g/mol. The molecule has 1 aliphatic heterocycles. The summed E-state index contributed by atoms with van der Waals surface area (Å²) in [6.45, 7) is 2.33. The molecule has 0 saturated carbocycles. The van der Waals surface area contributed by atoms with Gasteiger partial charge in [0.1, 0.15) is 17.9 Å². The predicted molar refractivity (Wildman–Crippen MR) is 126 cm³/mol. The van der Waals surface area contributed by atoms with Gasteiger partial charge in [-0.15, -0.1) is 0 Å². The van der Waals surface area contributed by atoms with E-state index in [1.807, 2.05) is 36.4 Å². The van der Waals surface area contributed by atoms with Crippen molar-refractivity contribution in [3.05, 3.63) is 58.3 Å². The van der Waals surface area contributed by atoms with Crippen molar-refractivity contribution in [3.63, 3.8) is 0 Å². The number of ether oxygens (including phenoxy) is 3. The summed E-state index contributed by atoms with van der Waals surface area (Å²) in [5.41, 5.74) is 0.0595. The first-order valence-electron chi connectivity index (χ1n) is 10.4. The van der Waals surface area contributed by atoms with Crippen molar-refractivity contribution in [3.8, 4) is 11.5 Å². The lowest BCUT2D eigenvalue weighted by atomic mass is 9.99. The first-order chi connectivity index (χ1) is 15.9. The van der Waals surface area contributed by atoms with Crippen molar-refractivity contribution < 1.29 is 28.2 Å². The van der Waals surface area contributed by atoms with Gasteiger partial charge in [0.15, 0.2) is 11.3 Å². The van der Waals surface area contributed by atoms with E-state index < -0.39 is 11.4 Å². The number of halogens is 1. The molecular formula is C24H25BrN2O6. The Kier molecular flexibility index (Phi) is 6.62. The summed E-state index contributed by atoms with van der Waals surface area (Å²) in [5, 5.41) is 3.60. The van der Waals surface area contributed by atoms with Crippen molar-refractivity contribution in [1.29, 1.82) is 0 Å². The Morgan fingerprint density at radius 3 is 2.79 bits per heavy atom. The Labute approximate surface area is 199 Å². The highest BCUT2D eigenvalue weighted by atomic mass is 79.9. The summed E-state index contributed by atoms with van der Waals surface area (Å²) < 4.78 is 23.3. The number of rotatable bonds is 7. The average Bonchev–Trinajstić information content (AvgIpc) is 3.14. The van der Waals surface area contributed by atoms with Crippen LogP contribution in [0.3, 0.4) is 0 Å². The highest BCUT2D eigenvalue weighted by Gasteiger charge is 2.47. The largest absolute Gasteiger partial charge is 0.496 e. The SMILES string of the molecule is COCCN1C(=O)c2oc3cc(Br)ccc3c2OCC1(C)C(=O)NCc1ccccc1OC. The third kappa shape index (κ3) is 4.30. The van der Waals surface area contributed by atoms with E-state index in [4.69, 9.17) is 18.6 Å². The molecule has 4 rings (SSSR count). The van der Waals surface area contributed by atoms with Gasteiger partial charge < -0.3 is 28.8 Å². The maximum absolute atomic E-state index is 13.6. The highest BCUT2D eigenvalue weighted by molar-refractivity contribution is 9.10. The van der Waals surface area contributed by atoms with E-state index in [-0.39, 0.29) is 38.0 Å². The Bertz CT molecular complexity index is 1190. The number of benzene rings is 2. The molecule has 1 unspecified atom stereocenters. The van der Waals surface area contributed by atoms with E-state index in [2.05, 4.69) is 21.2 Å². The normalized spacial score (nSPS) is 17.9. The van der Waals surface area contributed by atoms with Crippen LogP contribution in [0, 0.1) is 0 Å². The lowest BCUT2D eigenvalue weighted by Gasteiger charge is -2.37. The number of fused-ring (bicyclic) bond motifs is 3. The molecule has 1 N–H and O–H groups in total. The standard InChI is InChI=1S/C24H25BrN2O6/c1-24(23(29)26-13-15-6-4-5-7-18(15)31-3)14-32-20-17-9-8-16(25)12-19(17)33-21(20)22(28)27(24)10-11-30-2/h4-9,12H,10-11,13-14H2,1-3H3,(H,26,29). The summed E-state index contributed by atoms with van der Waals surface area (Å²) in [6.07, 6.45) is 0. The van der Waals surface area contributed by atoms with Crippen molar-refractivity contribution in [1.82, 2.24) is 10.2 Å². The van der Waals surface area contributed by atoms with Gasteiger partial charge in [0.25, 0.3) is 5.91 Å². The molecule has 3 aromatic rings. The van der Waals surface area contributed by atoms with Crippen LogP contribution in [0.15, 0.2) is 51.4 Å². The molecule has 0 bridgehead atoms. The molecule has 8 nitrogen and oxygen atoms in total. The maximum Gasteiger partial charge on any atom is 0.294 e. The van der Waals surface area contributed by atoms with Crippen LogP contribution in [0.1, 0.15) is 23.0 Å². The first-order valence-corrected chi connectivity index (χ1v) is 11.2.